The average molecular weight is 370 g/mol. The van der Waals surface area contributed by atoms with Crippen LogP contribution in [0, 0.1) is 0 Å². The molecule has 2 rings (SSSR count). The van der Waals surface area contributed by atoms with Gasteiger partial charge in [0.05, 0.1) is 20.3 Å². The van der Waals surface area contributed by atoms with Gasteiger partial charge in [-0.05, 0) is 30.7 Å². The first-order chi connectivity index (χ1) is 13.2. The number of anilines is 2. The summed E-state index contributed by atoms with van der Waals surface area (Å²) in [5, 5.41) is 5.98. The van der Waals surface area contributed by atoms with Gasteiger partial charge in [-0.2, -0.15) is 0 Å². The number of benzene rings is 2. The summed E-state index contributed by atoms with van der Waals surface area (Å²) < 4.78 is 11.0. The first-order valence-electron chi connectivity index (χ1n) is 9.62. The Balaban J connectivity index is 1.74. The average Bonchev–Trinajstić information content (AvgIpc) is 2.69. The van der Waals surface area contributed by atoms with Gasteiger partial charge >= 0.3 is 0 Å². The predicted molar refractivity (Wildman–Crippen MR) is 111 cm³/mol. The van der Waals surface area contributed by atoms with Crippen molar-refractivity contribution in [2.24, 2.45) is 0 Å². The van der Waals surface area contributed by atoms with Crippen LogP contribution in [0.4, 0.5) is 11.4 Å². The zero-order chi connectivity index (χ0) is 19.3. The van der Waals surface area contributed by atoms with E-state index in [0.717, 1.165) is 29.3 Å². The van der Waals surface area contributed by atoms with E-state index in [1.54, 1.807) is 7.11 Å². The molecule has 5 heteroatoms. The number of unbranched alkanes of at least 4 members (excludes halogenated alkanes) is 4. The third-order valence-corrected chi connectivity index (χ3v) is 4.16. The molecule has 0 bridgehead atoms. The number of nitrogens with one attached hydrogen (secondary N) is 2. The third-order valence-electron chi connectivity index (χ3n) is 4.16. The van der Waals surface area contributed by atoms with Crippen molar-refractivity contribution in [3.8, 4) is 11.5 Å². The van der Waals surface area contributed by atoms with Gasteiger partial charge in [0.1, 0.15) is 11.5 Å². The highest BCUT2D eigenvalue weighted by atomic mass is 16.5. The number of ether oxygens (including phenoxy) is 2. The molecule has 5 nitrogen and oxygen atoms in total. The zero-order valence-corrected chi connectivity index (χ0v) is 16.3. The number of methoxy groups -OCH3 is 1. The van der Waals surface area contributed by atoms with Crippen LogP contribution in [0.15, 0.2) is 48.5 Å². The number of amides is 1. The summed E-state index contributed by atoms with van der Waals surface area (Å²) in [7, 11) is 1.62. The molecule has 146 valence electrons. The van der Waals surface area contributed by atoms with Crippen LogP contribution in [0.25, 0.3) is 0 Å². The number of carbonyl (C=O) groups is 1. The van der Waals surface area contributed by atoms with Crippen molar-refractivity contribution in [1.29, 1.82) is 0 Å². The van der Waals surface area contributed by atoms with Gasteiger partial charge in [0.2, 0.25) is 5.91 Å². The predicted octanol–water partition coefficient (Wildman–Crippen LogP) is 5.10. The fraction of sp³-hybridized carbons (Fsp3) is 0.409. The van der Waals surface area contributed by atoms with Gasteiger partial charge in [0.25, 0.3) is 0 Å². The van der Waals surface area contributed by atoms with E-state index in [2.05, 4.69) is 17.6 Å². The van der Waals surface area contributed by atoms with Crippen LogP contribution in [-0.2, 0) is 4.79 Å². The van der Waals surface area contributed by atoms with E-state index in [1.807, 2.05) is 48.5 Å². The van der Waals surface area contributed by atoms with Crippen molar-refractivity contribution >= 4 is 17.3 Å². The normalized spacial score (nSPS) is 10.3. The van der Waals surface area contributed by atoms with E-state index >= 15 is 0 Å². The molecule has 0 saturated heterocycles. The Hall–Kier alpha value is -2.69. The minimum atomic E-state index is -0.116. The number of hydrogen-bond donors (Lipinski definition) is 2. The van der Waals surface area contributed by atoms with E-state index in [-0.39, 0.29) is 12.5 Å². The molecule has 0 unspecified atom stereocenters. The maximum Gasteiger partial charge on any atom is 0.243 e. The van der Waals surface area contributed by atoms with Gasteiger partial charge in [-0.25, -0.2) is 0 Å². The Morgan fingerprint density at radius 3 is 2.41 bits per heavy atom. The molecule has 1 amide bonds. The highest BCUT2D eigenvalue weighted by Gasteiger charge is 2.04. The monoisotopic (exact) mass is 370 g/mol. The molecular weight excluding hydrogens is 340 g/mol. The molecule has 2 aromatic carbocycles. The van der Waals surface area contributed by atoms with Crippen molar-refractivity contribution in [3.63, 3.8) is 0 Å². The fourth-order valence-electron chi connectivity index (χ4n) is 2.68. The summed E-state index contributed by atoms with van der Waals surface area (Å²) >= 11 is 0. The van der Waals surface area contributed by atoms with E-state index < -0.39 is 0 Å². The molecular formula is C22H30N2O3. The number of rotatable bonds is 12. The van der Waals surface area contributed by atoms with Crippen LogP contribution in [0.5, 0.6) is 11.5 Å². The lowest BCUT2D eigenvalue weighted by molar-refractivity contribution is -0.114. The quantitative estimate of drug-likeness (QED) is 0.511. The van der Waals surface area contributed by atoms with Gasteiger partial charge in [-0.15, -0.1) is 0 Å². The SMILES string of the molecule is CCCCCCCOc1cccc(NC(=O)CNc2cccc(OC)c2)c1. The Kier molecular flexibility index (Phi) is 9.04. The van der Waals surface area contributed by atoms with Crippen molar-refractivity contribution < 1.29 is 14.3 Å². The Labute approximate surface area is 162 Å². The van der Waals surface area contributed by atoms with Crippen LogP contribution in [-0.4, -0.2) is 26.2 Å². The molecule has 0 heterocycles. The van der Waals surface area contributed by atoms with E-state index in [1.165, 1.54) is 25.7 Å². The van der Waals surface area contributed by atoms with Gasteiger partial charge in [0, 0.05) is 23.5 Å². The van der Waals surface area contributed by atoms with E-state index in [4.69, 9.17) is 9.47 Å². The minimum Gasteiger partial charge on any atom is -0.497 e. The highest BCUT2D eigenvalue weighted by Crippen LogP contribution is 2.19. The first kappa shape index (κ1) is 20.6. The topological polar surface area (TPSA) is 59.6 Å². The second-order valence-corrected chi connectivity index (χ2v) is 6.42. The second kappa shape index (κ2) is 11.8. The minimum absolute atomic E-state index is 0.116. The molecule has 0 spiro atoms. The molecule has 0 aliphatic heterocycles. The molecule has 0 aliphatic rings. The standard InChI is InChI=1S/C22H30N2O3/c1-3-4-5-6-7-14-27-21-13-9-11-19(16-21)24-22(25)17-23-18-10-8-12-20(15-18)26-2/h8-13,15-16,23H,3-7,14,17H2,1-2H3,(H,24,25). The zero-order valence-electron chi connectivity index (χ0n) is 16.3. The van der Waals surface area contributed by atoms with Crippen LogP contribution in [0.2, 0.25) is 0 Å². The van der Waals surface area contributed by atoms with E-state index in [9.17, 15) is 4.79 Å². The van der Waals surface area contributed by atoms with Gasteiger partial charge < -0.3 is 20.1 Å². The maximum atomic E-state index is 12.2. The van der Waals surface area contributed by atoms with E-state index in [0.29, 0.717) is 6.61 Å². The third kappa shape index (κ3) is 8.03. The summed E-state index contributed by atoms with van der Waals surface area (Å²) in [5.41, 5.74) is 1.57. The van der Waals surface area contributed by atoms with Crippen molar-refractivity contribution in [3.05, 3.63) is 48.5 Å². The second-order valence-electron chi connectivity index (χ2n) is 6.42. The molecule has 0 atom stereocenters. The largest absolute Gasteiger partial charge is 0.497 e. The molecule has 0 fully saturated rings. The molecule has 27 heavy (non-hydrogen) atoms. The van der Waals surface area contributed by atoms with Gasteiger partial charge in [0.15, 0.2) is 0 Å². The number of hydrogen-bond acceptors (Lipinski definition) is 4. The maximum absolute atomic E-state index is 12.2. The molecule has 2 N–H and O–H groups in total. The Bertz CT molecular complexity index is 703. The Morgan fingerprint density at radius 2 is 1.63 bits per heavy atom. The lowest BCUT2D eigenvalue weighted by Gasteiger charge is -2.11. The fourth-order valence-corrected chi connectivity index (χ4v) is 2.68. The molecule has 0 aliphatic carbocycles. The first-order valence-corrected chi connectivity index (χ1v) is 9.62. The van der Waals surface area contributed by atoms with Crippen LogP contribution < -0.4 is 20.1 Å². The van der Waals surface area contributed by atoms with Crippen molar-refractivity contribution in [2.75, 3.05) is 30.9 Å². The van der Waals surface area contributed by atoms with Crippen LogP contribution >= 0.6 is 0 Å². The number of carbonyl (C=O) groups excluding carboxylic acids is 1. The lowest BCUT2D eigenvalue weighted by atomic mass is 10.2. The summed E-state index contributed by atoms with van der Waals surface area (Å²) in [4.78, 5) is 12.2. The Morgan fingerprint density at radius 1 is 0.926 bits per heavy atom. The molecule has 0 saturated carbocycles. The van der Waals surface area contributed by atoms with Crippen LogP contribution in [0.3, 0.4) is 0 Å². The van der Waals surface area contributed by atoms with Gasteiger partial charge in [-0.3, -0.25) is 4.79 Å². The van der Waals surface area contributed by atoms with Crippen molar-refractivity contribution in [1.82, 2.24) is 0 Å². The van der Waals surface area contributed by atoms with Gasteiger partial charge in [-0.1, -0.05) is 44.7 Å². The summed E-state index contributed by atoms with van der Waals surface area (Å²) in [6, 6.07) is 15.0. The summed E-state index contributed by atoms with van der Waals surface area (Å²) in [6.45, 7) is 3.09. The molecule has 0 aromatic heterocycles. The smallest absolute Gasteiger partial charge is 0.243 e. The van der Waals surface area contributed by atoms with Crippen LogP contribution in [0.1, 0.15) is 39.0 Å². The molecule has 2 aromatic rings. The van der Waals surface area contributed by atoms with Crippen molar-refractivity contribution in [2.45, 2.75) is 39.0 Å². The summed E-state index contributed by atoms with van der Waals surface area (Å²) in [5.74, 6) is 1.42. The molecule has 0 radical (unpaired) electrons. The lowest BCUT2D eigenvalue weighted by Crippen LogP contribution is -2.21. The highest BCUT2D eigenvalue weighted by molar-refractivity contribution is 5.93. The summed E-state index contributed by atoms with van der Waals surface area (Å²) in [6.07, 6.45) is 6.04.